The molecule has 28 heavy (non-hydrogen) atoms. The number of aromatic nitrogens is 2. The first-order valence-corrected chi connectivity index (χ1v) is 10.1. The third-order valence-electron chi connectivity index (χ3n) is 5.68. The van der Waals surface area contributed by atoms with Crippen LogP contribution in [0.5, 0.6) is 0 Å². The molecule has 6 heteroatoms. The monoisotopic (exact) mass is 396 g/mol. The molecule has 0 bridgehead atoms. The van der Waals surface area contributed by atoms with Crippen molar-refractivity contribution in [3.8, 4) is 0 Å². The Hall–Kier alpha value is -2.53. The summed E-state index contributed by atoms with van der Waals surface area (Å²) in [4.78, 5) is 22.3. The van der Waals surface area contributed by atoms with Crippen LogP contribution in [-0.4, -0.2) is 46.4 Å². The van der Waals surface area contributed by atoms with Crippen LogP contribution in [0.1, 0.15) is 34.2 Å². The number of piperazine rings is 1. The number of rotatable bonds is 3. The summed E-state index contributed by atoms with van der Waals surface area (Å²) < 4.78 is 1.83. The van der Waals surface area contributed by atoms with Crippen molar-refractivity contribution in [3.05, 3.63) is 64.1 Å². The van der Waals surface area contributed by atoms with Gasteiger partial charge in [-0.25, -0.2) is 4.98 Å². The van der Waals surface area contributed by atoms with E-state index < -0.39 is 0 Å². The Morgan fingerprint density at radius 3 is 2.57 bits per heavy atom. The summed E-state index contributed by atoms with van der Waals surface area (Å²) in [6.07, 6.45) is 2.49. The second-order valence-electron chi connectivity index (χ2n) is 7.33. The molecule has 0 saturated carbocycles. The molecule has 2 aromatic heterocycles. The second-order valence-corrected chi connectivity index (χ2v) is 7.77. The molecule has 0 unspecified atom stereocenters. The Kier molecular flexibility index (Phi) is 5.02. The van der Waals surface area contributed by atoms with Crippen molar-refractivity contribution in [2.45, 2.75) is 27.2 Å². The number of nitrogens with zero attached hydrogens (tertiary/aromatic N) is 4. The standard InChI is InChI=1S/C22H25ClN4O/c1-4-18-21(27-14-17(23)8-9-20(27)24-18)22(28)26-12-10-25(11-13-26)19-7-5-6-15(2)16(19)3/h5-9,14H,4,10-13H2,1-3H3. The van der Waals surface area contributed by atoms with Gasteiger partial charge in [0.15, 0.2) is 0 Å². The number of halogens is 1. The lowest BCUT2D eigenvalue weighted by atomic mass is 10.1. The van der Waals surface area contributed by atoms with Gasteiger partial charge in [-0.15, -0.1) is 0 Å². The highest BCUT2D eigenvalue weighted by molar-refractivity contribution is 6.30. The van der Waals surface area contributed by atoms with Crippen LogP contribution >= 0.6 is 11.6 Å². The zero-order chi connectivity index (χ0) is 19.8. The van der Waals surface area contributed by atoms with Crippen molar-refractivity contribution in [1.82, 2.24) is 14.3 Å². The topological polar surface area (TPSA) is 40.9 Å². The first-order valence-electron chi connectivity index (χ1n) is 9.76. The molecular weight excluding hydrogens is 372 g/mol. The van der Waals surface area contributed by atoms with Crippen LogP contribution in [0, 0.1) is 13.8 Å². The summed E-state index contributed by atoms with van der Waals surface area (Å²) in [5.74, 6) is 0.0345. The minimum absolute atomic E-state index is 0.0345. The molecule has 5 nitrogen and oxygen atoms in total. The lowest BCUT2D eigenvalue weighted by Gasteiger charge is -2.37. The van der Waals surface area contributed by atoms with Crippen molar-refractivity contribution in [1.29, 1.82) is 0 Å². The van der Waals surface area contributed by atoms with Crippen molar-refractivity contribution in [2.24, 2.45) is 0 Å². The maximum Gasteiger partial charge on any atom is 0.272 e. The normalized spacial score (nSPS) is 14.7. The van der Waals surface area contributed by atoms with Crippen LogP contribution in [0.2, 0.25) is 5.02 Å². The minimum atomic E-state index is 0.0345. The predicted octanol–water partition coefficient (Wildman–Crippen LogP) is 4.13. The van der Waals surface area contributed by atoms with E-state index in [-0.39, 0.29) is 5.91 Å². The van der Waals surface area contributed by atoms with Gasteiger partial charge in [0.25, 0.3) is 5.91 Å². The summed E-state index contributed by atoms with van der Waals surface area (Å²) in [6.45, 7) is 9.38. The number of benzene rings is 1. The van der Waals surface area contributed by atoms with Crippen LogP contribution in [-0.2, 0) is 6.42 Å². The first-order chi connectivity index (χ1) is 13.5. The molecule has 1 saturated heterocycles. The fourth-order valence-electron chi connectivity index (χ4n) is 3.92. The number of hydrogen-bond donors (Lipinski definition) is 0. The fraction of sp³-hybridized carbons (Fsp3) is 0.364. The third-order valence-corrected chi connectivity index (χ3v) is 5.90. The van der Waals surface area contributed by atoms with E-state index >= 15 is 0 Å². The highest BCUT2D eigenvalue weighted by Gasteiger charge is 2.27. The SMILES string of the molecule is CCc1nc2ccc(Cl)cn2c1C(=O)N1CCN(c2cccc(C)c2C)CC1. The second kappa shape index (κ2) is 7.47. The Balaban J connectivity index is 1.57. The number of imidazole rings is 1. The van der Waals surface area contributed by atoms with Crippen LogP contribution in [0.15, 0.2) is 36.5 Å². The molecule has 0 radical (unpaired) electrons. The van der Waals surface area contributed by atoms with Gasteiger partial charge in [-0.1, -0.05) is 30.7 Å². The van der Waals surface area contributed by atoms with Gasteiger partial charge in [0.1, 0.15) is 11.3 Å². The van der Waals surface area contributed by atoms with Gasteiger partial charge < -0.3 is 9.80 Å². The number of amides is 1. The molecule has 3 aromatic rings. The van der Waals surface area contributed by atoms with E-state index in [4.69, 9.17) is 11.6 Å². The summed E-state index contributed by atoms with van der Waals surface area (Å²) >= 11 is 6.17. The number of hydrogen-bond acceptors (Lipinski definition) is 3. The van der Waals surface area contributed by atoms with Crippen LogP contribution in [0.25, 0.3) is 5.65 Å². The van der Waals surface area contributed by atoms with E-state index in [9.17, 15) is 4.79 Å². The fourth-order valence-corrected chi connectivity index (χ4v) is 4.08. The van der Waals surface area contributed by atoms with Crippen molar-refractivity contribution in [3.63, 3.8) is 0 Å². The van der Waals surface area contributed by atoms with Crippen molar-refractivity contribution >= 4 is 28.8 Å². The molecule has 0 N–H and O–H groups in total. The highest BCUT2D eigenvalue weighted by atomic mass is 35.5. The molecular formula is C22H25ClN4O. The predicted molar refractivity (Wildman–Crippen MR) is 114 cm³/mol. The molecule has 0 spiro atoms. The van der Waals surface area contributed by atoms with E-state index in [1.807, 2.05) is 22.3 Å². The third kappa shape index (κ3) is 3.24. The maximum absolute atomic E-state index is 13.3. The molecule has 3 heterocycles. The van der Waals surface area contributed by atoms with E-state index in [1.54, 1.807) is 12.3 Å². The molecule has 1 aliphatic heterocycles. The number of carbonyl (C=O) groups excluding carboxylic acids is 1. The van der Waals surface area contributed by atoms with Crippen molar-refractivity contribution in [2.75, 3.05) is 31.1 Å². The molecule has 1 amide bonds. The lowest BCUT2D eigenvalue weighted by Crippen LogP contribution is -2.49. The van der Waals surface area contributed by atoms with Crippen LogP contribution in [0.4, 0.5) is 5.69 Å². The van der Waals surface area contributed by atoms with E-state index in [0.717, 1.165) is 24.4 Å². The summed E-state index contributed by atoms with van der Waals surface area (Å²) in [7, 11) is 0. The van der Waals surface area contributed by atoms with E-state index in [0.29, 0.717) is 30.2 Å². The molecule has 1 fully saturated rings. The maximum atomic E-state index is 13.3. The van der Waals surface area contributed by atoms with Crippen molar-refractivity contribution < 1.29 is 4.79 Å². The van der Waals surface area contributed by atoms with Crippen LogP contribution < -0.4 is 4.90 Å². The Morgan fingerprint density at radius 1 is 1.11 bits per heavy atom. The zero-order valence-electron chi connectivity index (χ0n) is 16.6. The van der Waals surface area contributed by atoms with E-state index in [1.165, 1.54) is 16.8 Å². The van der Waals surface area contributed by atoms with Gasteiger partial charge in [0, 0.05) is 38.1 Å². The minimum Gasteiger partial charge on any atom is -0.368 e. The Labute approximate surface area is 170 Å². The van der Waals surface area contributed by atoms with Gasteiger partial charge in [-0.05, 0) is 49.6 Å². The molecule has 1 aromatic carbocycles. The van der Waals surface area contributed by atoms with Gasteiger partial charge in [0.05, 0.1) is 10.7 Å². The average molecular weight is 397 g/mol. The molecule has 146 valence electrons. The first kappa shape index (κ1) is 18.8. The lowest BCUT2D eigenvalue weighted by molar-refractivity contribution is 0.0738. The van der Waals surface area contributed by atoms with E-state index in [2.05, 4.69) is 41.9 Å². The number of carbonyl (C=O) groups is 1. The number of fused-ring (bicyclic) bond motifs is 1. The quantitative estimate of drug-likeness (QED) is 0.668. The number of aryl methyl sites for hydroxylation is 2. The summed E-state index contributed by atoms with van der Waals surface area (Å²) in [5.41, 5.74) is 6.10. The molecule has 4 rings (SSSR count). The van der Waals surface area contributed by atoms with Crippen LogP contribution in [0.3, 0.4) is 0 Å². The number of pyridine rings is 1. The van der Waals surface area contributed by atoms with Gasteiger partial charge in [0.2, 0.25) is 0 Å². The molecule has 0 atom stereocenters. The Morgan fingerprint density at radius 2 is 1.86 bits per heavy atom. The average Bonchev–Trinajstić information content (AvgIpc) is 3.07. The smallest absolute Gasteiger partial charge is 0.272 e. The number of anilines is 1. The largest absolute Gasteiger partial charge is 0.368 e. The summed E-state index contributed by atoms with van der Waals surface area (Å²) in [6, 6.07) is 10.1. The highest BCUT2D eigenvalue weighted by Crippen LogP contribution is 2.25. The zero-order valence-corrected chi connectivity index (χ0v) is 17.3. The Bertz CT molecular complexity index is 1030. The van der Waals surface area contributed by atoms with Gasteiger partial charge >= 0.3 is 0 Å². The molecule has 1 aliphatic rings. The molecule has 0 aliphatic carbocycles. The van der Waals surface area contributed by atoms with Gasteiger partial charge in [-0.2, -0.15) is 0 Å². The van der Waals surface area contributed by atoms with Gasteiger partial charge in [-0.3, -0.25) is 9.20 Å². The summed E-state index contributed by atoms with van der Waals surface area (Å²) in [5, 5.41) is 0.598.